The Kier molecular flexibility index (Phi) is 15.4. The van der Waals surface area contributed by atoms with Gasteiger partial charge in [-0.05, 0) is 48.7 Å². The highest BCUT2D eigenvalue weighted by atomic mass is 35.5. The van der Waals surface area contributed by atoms with E-state index in [9.17, 15) is 37.1 Å². The van der Waals surface area contributed by atoms with Crippen molar-refractivity contribution < 1.29 is 37.0 Å². The molecule has 0 aliphatic carbocycles. The van der Waals surface area contributed by atoms with E-state index in [0.717, 1.165) is 49.6 Å². The first-order valence-electron chi connectivity index (χ1n) is 21.4. The van der Waals surface area contributed by atoms with Crippen LogP contribution in [0.15, 0.2) is 38.7 Å². The van der Waals surface area contributed by atoms with Crippen LogP contribution in [0.2, 0.25) is 56.4 Å². The number of nitrogens with one attached hydrogen (secondary N) is 1. The van der Waals surface area contributed by atoms with Gasteiger partial charge in [0.05, 0.1) is 35.2 Å². The number of benzene rings is 1. The number of nitrogens with zero attached hydrogens (tertiary/aromatic N) is 9. The van der Waals surface area contributed by atoms with Gasteiger partial charge in [0.1, 0.15) is 25.7 Å². The van der Waals surface area contributed by atoms with Gasteiger partial charge >= 0.3 is 11.9 Å². The van der Waals surface area contributed by atoms with Crippen LogP contribution in [0.5, 0.6) is 0 Å². The van der Waals surface area contributed by atoms with E-state index in [1.807, 2.05) is 6.08 Å². The highest BCUT2D eigenvalue weighted by Gasteiger charge is 2.33. The zero-order chi connectivity index (χ0) is 47.4. The summed E-state index contributed by atoms with van der Waals surface area (Å²) >= 11 is 6.17. The van der Waals surface area contributed by atoms with Gasteiger partial charge in [0, 0.05) is 55.5 Å². The summed E-state index contributed by atoms with van der Waals surface area (Å²) in [5.74, 6) is -1.05. The predicted octanol–water partition coefficient (Wildman–Crippen LogP) is 4.87. The number of amides is 2. The van der Waals surface area contributed by atoms with Crippen molar-refractivity contribution in [2.24, 2.45) is 0 Å². The zero-order valence-corrected chi connectivity index (χ0v) is 40.5. The molecule has 0 bridgehead atoms. The van der Waals surface area contributed by atoms with E-state index >= 15 is 0 Å². The van der Waals surface area contributed by atoms with Gasteiger partial charge in [0.15, 0.2) is 5.82 Å². The summed E-state index contributed by atoms with van der Waals surface area (Å²) in [5.41, 5.74) is -2.33. The number of halogens is 4. The third kappa shape index (κ3) is 12.1. The first kappa shape index (κ1) is 49.5. The summed E-state index contributed by atoms with van der Waals surface area (Å²) in [6.07, 6.45) is -2.12. The van der Waals surface area contributed by atoms with Gasteiger partial charge in [0.2, 0.25) is 17.4 Å². The molecule has 0 atom stereocenters. The summed E-state index contributed by atoms with van der Waals surface area (Å²) in [6.45, 7) is 15.6. The van der Waals surface area contributed by atoms with E-state index in [-0.39, 0.29) is 74.1 Å². The number of ether oxygens (including phenoxy) is 3. The maximum atomic E-state index is 14.5. The fourth-order valence-electron chi connectivity index (χ4n) is 7.16. The second kappa shape index (κ2) is 20.3. The molecular weight excluding hydrogens is 909 g/mol. The van der Waals surface area contributed by atoms with Gasteiger partial charge < -0.3 is 33.9 Å². The lowest BCUT2D eigenvalue weighted by atomic mass is 10.1. The van der Waals surface area contributed by atoms with Gasteiger partial charge in [-0.15, -0.1) is 5.10 Å². The van der Waals surface area contributed by atoms with Gasteiger partial charge in [-0.25, -0.2) is 9.36 Å². The number of hydrogen-bond acceptors (Lipinski definition) is 12. The number of carbonyl (C=O) groups is 2. The third-order valence-corrected chi connectivity index (χ3v) is 14.6. The fraction of sp³-hybridized carbons (Fsp3) is 0.561. The lowest BCUT2D eigenvalue weighted by molar-refractivity contribution is -0.137. The summed E-state index contributed by atoms with van der Waals surface area (Å²) in [7, 11) is -2.96. The Morgan fingerprint density at radius 2 is 1.57 bits per heavy atom. The Labute approximate surface area is 379 Å². The van der Waals surface area contributed by atoms with Crippen molar-refractivity contribution in [1.82, 2.24) is 38.4 Å². The highest BCUT2D eigenvalue weighted by molar-refractivity contribution is 6.76. The molecule has 5 heterocycles. The second-order valence-electron chi connectivity index (χ2n) is 18.3. The van der Waals surface area contributed by atoms with Crippen LogP contribution in [0.1, 0.15) is 40.9 Å². The summed E-state index contributed by atoms with van der Waals surface area (Å²) in [6, 6.07) is 4.22. The number of alkyl halides is 3. The van der Waals surface area contributed by atoms with Crippen LogP contribution in [0.4, 0.5) is 24.5 Å². The highest BCUT2D eigenvalue weighted by Crippen LogP contribution is 2.34. The normalized spacial score (nSPS) is 15.2. The number of piperazine rings is 1. The molecule has 24 heteroatoms. The van der Waals surface area contributed by atoms with Crippen molar-refractivity contribution in [2.45, 2.75) is 97.3 Å². The molecule has 6 rings (SSSR count). The maximum absolute atomic E-state index is 14.5. The maximum Gasteiger partial charge on any atom is 0.416 e. The van der Waals surface area contributed by atoms with Crippen molar-refractivity contribution >= 4 is 62.3 Å². The molecule has 2 aliphatic heterocycles. The largest absolute Gasteiger partial charge is 0.416 e. The van der Waals surface area contributed by atoms with Crippen LogP contribution >= 0.6 is 11.6 Å². The Balaban J connectivity index is 1.29. The molecule has 0 radical (unpaired) electrons. The van der Waals surface area contributed by atoms with Crippen molar-refractivity contribution in [3.63, 3.8) is 0 Å². The summed E-state index contributed by atoms with van der Waals surface area (Å²) in [4.78, 5) is 77.5. The van der Waals surface area contributed by atoms with E-state index in [1.165, 1.54) is 9.47 Å². The number of rotatable bonds is 17. The van der Waals surface area contributed by atoms with Crippen LogP contribution < -0.4 is 27.0 Å². The van der Waals surface area contributed by atoms with Crippen LogP contribution in [-0.4, -0.2) is 119 Å². The average Bonchev–Trinajstić information content (AvgIpc) is 3.70. The van der Waals surface area contributed by atoms with Gasteiger partial charge in [0.25, 0.3) is 17.0 Å². The Morgan fingerprint density at radius 1 is 0.908 bits per heavy atom. The number of carbonyl (C=O) groups excluding carboxylic acids is 2. The monoisotopic (exact) mass is 964 g/mol. The van der Waals surface area contributed by atoms with Crippen molar-refractivity contribution in [1.29, 1.82) is 0 Å². The van der Waals surface area contributed by atoms with E-state index in [2.05, 4.69) is 59.8 Å². The minimum absolute atomic E-state index is 0.0432. The number of fused-ring (bicyclic) bond motifs is 1. The Morgan fingerprint density at radius 3 is 2.15 bits per heavy atom. The van der Waals surface area contributed by atoms with Crippen LogP contribution in [0, 0.1) is 0 Å². The van der Waals surface area contributed by atoms with Gasteiger partial charge in [-0.2, -0.15) is 32.5 Å². The van der Waals surface area contributed by atoms with E-state index in [1.54, 1.807) is 11.8 Å². The third-order valence-electron chi connectivity index (χ3n) is 10.9. The molecule has 1 N–H and O–H groups in total. The first-order valence-corrected chi connectivity index (χ1v) is 29.2. The number of aromatic nitrogens is 7. The molecule has 3 aromatic heterocycles. The molecule has 1 saturated heterocycles. The Bertz CT molecular complexity index is 2630. The Hall–Kier alpha value is -4.95. The van der Waals surface area contributed by atoms with E-state index in [4.69, 9.17) is 25.8 Å². The van der Waals surface area contributed by atoms with Crippen LogP contribution in [-0.2, 0) is 51.6 Å². The zero-order valence-electron chi connectivity index (χ0n) is 37.7. The standard InChI is InChI=1S/C41H56ClF3N10O8Si2/c1-8-31-34(38(59)55-39(47-35(49-55)27-11-17-61-18-12-27)52(31)24-32(56)46-30-10-9-28(23-29(30)42)41(43,44)45)50-13-15-51(16-14-50)36(57)33-37(58)53(25-62-19-21-64(2,3)4)40(60)54(48-33)26-63-20-22-65(5,6)7/h9-11,23H,8,12-22,24-26H2,1-7H3,(H,46,56). The van der Waals surface area contributed by atoms with Crippen molar-refractivity contribution in [3.05, 3.63) is 83.3 Å². The molecule has 2 amide bonds. The van der Waals surface area contributed by atoms with Gasteiger partial charge in [-0.1, -0.05) is 63.9 Å². The molecule has 2 aliphatic rings. The molecule has 18 nitrogen and oxygen atoms in total. The molecule has 1 fully saturated rings. The lowest BCUT2D eigenvalue weighted by Crippen LogP contribution is -2.53. The first-order chi connectivity index (χ1) is 30.6. The number of hydrogen-bond donors (Lipinski definition) is 1. The molecule has 354 valence electrons. The van der Waals surface area contributed by atoms with Crippen molar-refractivity contribution in [2.75, 3.05) is 62.8 Å². The predicted molar refractivity (Wildman–Crippen MR) is 244 cm³/mol. The van der Waals surface area contributed by atoms with E-state index in [0.29, 0.717) is 38.5 Å². The number of anilines is 2. The molecular formula is C41H56ClF3N10O8Si2. The van der Waals surface area contributed by atoms with Crippen LogP contribution in [0.3, 0.4) is 0 Å². The smallest absolute Gasteiger partial charge is 0.377 e. The van der Waals surface area contributed by atoms with Gasteiger partial charge in [-0.3, -0.25) is 19.2 Å². The molecule has 0 unspecified atom stereocenters. The van der Waals surface area contributed by atoms with Crippen molar-refractivity contribution in [3.8, 4) is 0 Å². The summed E-state index contributed by atoms with van der Waals surface area (Å²) < 4.78 is 61.5. The lowest BCUT2D eigenvalue weighted by Gasteiger charge is -2.36. The fourth-order valence-corrected chi connectivity index (χ4v) is 8.90. The SMILES string of the molecule is CCc1c(N2CCN(C(=O)c3nn(COCC[Si](C)(C)C)c(=O)n(COCC[Si](C)(C)C)c3=O)CC2)c(=O)n2nc(C3=CCOCC3)nc2n1CC(=O)Nc1ccc(C(F)(F)F)cc1Cl. The minimum atomic E-state index is -4.64. The van der Waals surface area contributed by atoms with E-state index < -0.39 is 68.7 Å². The van der Waals surface area contributed by atoms with Crippen LogP contribution in [0.25, 0.3) is 11.4 Å². The molecule has 0 saturated carbocycles. The average molecular weight is 966 g/mol. The topological polar surface area (TPSA) is 189 Å². The quantitative estimate of drug-likeness (QED) is 0.112. The summed E-state index contributed by atoms with van der Waals surface area (Å²) in [5, 5.41) is 11.0. The molecule has 0 spiro atoms. The molecule has 1 aromatic carbocycles. The second-order valence-corrected chi connectivity index (χ2v) is 30.0. The minimum Gasteiger partial charge on any atom is -0.377 e. The molecule has 4 aromatic rings. The molecule has 65 heavy (non-hydrogen) atoms.